The first kappa shape index (κ1) is 34.9. The number of fused-ring (bicyclic) bond motifs is 14. The van der Waals surface area contributed by atoms with Crippen LogP contribution in [0.1, 0.15) is 25.0 Å². The molecular weight excluding hydrogens is 755 g/mol. The molecule has 0 unspecified atom stereocenters. The van der Waals surface area contributed by atoms with Gasteiger partial charge in [-0.3, -0.25) is 0 Å². The molecule has 290 valence electrons. The lowest BCUT2D eigenvalue weighted by molar-refractivity contribution is 0.653. The number of aromatic nitrogens is 3. The Kier molecular flexibility index (Phi) is 7.32. The van der Waals surface area contributed by atoms with Crippen LogP contribution in [0.25, 0.3) is 121 Å². The van der Waals surface area contributed by atoms with E-state index in [2.05, 4.69) is 196 Å². The van der Waals surface area contributed by atoms with Crippen molar-refractivity contribution in [3.63, 3.8) is 0 Å². The third kappa shape index (κ3) is 5.04. The van der Waals surface area contributed by atoms with Crippen LogP contribution in [0, 0.1) is 0 Å². The summed E-state index contributed by atoms with van der Waals surface area (Å²) in [5.74, 6) is 1.83. The predicted molar refractivity (Wildman–Crippen MR) is 256 cm³/mol. The van der Waals surface area contributed by atoms with Gasteiger partial charge in [-0.2, -0.15) is 0 Å². The second-order valence-corrected chi connectivity index (χ2v) is 17.1. The van der Waals surface area contributed by atoms with Crippen molar-refractivity contribution in [3.8, 4) is 56.4 Å². The normalized spacial score (nSPS) is 13.1. The van der Waals surface area contributed by atoms with E-state index < -0.39 is 0 Å². The van der Waals surface area contributed by atoms with Crippen molar-refractivity contribution in [3.05, 3.63) is 199 Å². The van der Waals surface area contributed by atoms with Crippen molar-refractivity contribution in [1.82, 2.24) is 15.0 Å². The van der Waals surface area contributed by atoms with Gasteiger partial charge in [0, 0.05) is 38.4 Å². The van der Waals surface area contributed by atoms with Crippen LogP contribution >= 0.6 is 0 Å². The Hall–Kier alpha value is -7.95. The lowest BCUT2D eigenvalue weighted by atomic mass is 9.81. The molecule has 0 spiro atoms. The highest BCUT2D eigenvalue weighted by Gasteiger charge is 2.39. The third-order valence-electron chi connectivity index (χ3n) is 13.3. The number of hydrogen-bond acceptors (Lipinski definition) is 4. The Balaban J connectivity index is 1.12. The lowest BCUT2D eigenvalue weighted by Gasteiger charge is -2.22. The van der Waals surface area contributed by atoms with Crippen LogP contribution in [0.2, 0.25) is 0 Å². The zero-order valence-corrected chi connectivity index (χ0v) is 34.1. The minimum atomic E-state index is -0.278. The Morgan fingerprint density at radius 3 is 1.85 bits per heavy atom. The number of nitrogens with zero attached hydrogens (tertiary/aromatic N) is 3. The fraction of sp³-hybridized carbons (Fsp3) is 0.0517. The highest BCUT2D eigenvalue weighted by molar-refractivity contribution is 6.25. The summed E-state index contributed by atoms with van der Waals surface area (Å²) in [6.07, 6.45) is 0. The molecule has 2 aromatic heterocycles. The van der Waals surface area contributed by atoms with Crippen LogP contribution < -0.4 is 0 Å². The molecule has 10 aromatic carbocycles. The van der Waals surface area contributed by atoms with E-state index in [0.717, 1.165) is 66.1 Å². The summed E-state index contributed by atoms with van der Waals surface area (Å²) < 4.78 is 6.89. The third-order valence-corrected chi connectivity index (χ3v) is 13.3. The van der Waals surface area contributed by atoms with Crippen LogP contribution in [-0.2, 0) is 5.41 Å². The fourth-order valence-corrected chi connectivity index (χ4v) is 10.3. The molecule has 0 aliphatic heterocycles. The SMILES string of the molecule is CC1(C)c2ccccc2-c2c1cc(-c1nc(-c3ccc4ccc5ccc6c7ccccc7ccc6c5c4c3)nc(-c3ccccc3-c3ccccc3)n1)c1c2oc2ccccc21. The van der Waals surface area contributed by atoms with Crippen molar-refractivity contribution >= 4 is 65.0 Å². The van der Waals surface area contributed by atoms with Gasteiger partial charge in [-0.05, 0) is 89.1 Å². The summed E-state index contributed by atoms with van der Waals surface area (Å²) in [5.41, 5.74) is 11.2. The molecule has 0 amide bonds. The van der Waals surface area contributed by atoms with E-state index in [1.54, 1.807) is 0 Å². The van der Waals surface area contributed by atoms with Crippen molar-refractivity contribution in [2.24, 2.45) is 0 Å². The van der Waals surface area contributed by atoms with Crippen LogP contribution in [0.4, 0.5) is 0 Å². The zero-order chi connectivity index (χ0) is 41.1. The van der Waals surface area contributed by atoms with E-state index in [9.17, 15) is 0 Å². The quantitative estimate of drug-likeness (QED) is 0.167. The first-order valence-corrected chi connectivity index (χ1v) is 21.3. The number of benzene rings is 10. The Morgan fingerprint density at radius 2 is 0.984 bits per heavy atom. The van der Waals surface area contributed by atoms with Gasteiger partial charge in [-0.1, -0.05) is 184 Å². The molecule has 4 nitrogen and oxygen atoms in total. The molecule has 12 aromatic rings. The van der Waals surface area contributed by atoms with Gasteiger partial charge in [-0.25, -0.2) is 15.0 Å². The monoisotopic (exact) mass is 791 g/mol. The summed E-state index contributed by atoms with van der Waals surface area (Å²) in [5, 5.41) is 11.8. The van der Waals surface area contributed by atoms with Crippen LogP contribution in [0.15, 0.2) is 192 Å². The van der Waals surface area contributed by atoms with Crippen molar-refractivity contribution in [2.45, 2.75) is 19.3 Å². The molecule has 13 rings (SSSR count). The number of rotatable bonds is 4. The highest BCUT2D eigenvalue weighted by atomic mass is 16.3. The molecule has 4 heteroatoms. The van der Waals surface area contributed by atoms with E-state index >= 15 is 0 Å². The Labute approximate surface area is 357 Å². The minimum absolute atomic E-state index is 0.278. The van der Waals surface area contributed by atoms with Gasteiger partial charge in [0.25, 0.3) is 0 Å². The van der Waals surface area contributed by atoms with E-state index in [-0.39, 0.29) is 5.41 Å². The van der Waals surface area contributed by atoms with E-state index in [1.165, 1.54) is 49.0 Å². The molecule has 0 saturated carbocycles. The van der Waals surface area contributed by atoms with Crippen molar-refractivity contribution in [2.75, 3.05) is 0 Å². The largest absolute Gasteiger partial charge is 0.455 e. The number of hydrogen-bond donors (Lipinski definition) is 0. The molecule has 62 heavy (non-hydrogen) atoms. The van der Waals surface area contributed by atoms with Gasteiger partial charge in [0.1, 0.15) is 11.2 Å². The van der Waals surface area contributed by atoms with Gasteiger partial charge >= 0.3 is 0 Å². The highest BCUT2D eigenvalue weighted by Crippen LogP contribution is 2.54. The average molecular weight is 792 g/mol. The maximum atomic E-state index is 6.89. The van der Waals surface area contributed by atoms with E-state index in [0.29, 0.717) is 17.5 Å². The smallest absolute Gasteiger partial charge is 0.164 e. The van der Waals surface area contributed by atoms with E-state index in [1.807, 2.05) is 6.07 Å². The lowest BCUT2D eigenvalue weighted by Crippen LogP contribution is -2.15. The minimum Gasteiger partial charge on any atom is -0.455 e. The average Bonchev–Trinajstić information content (AvgIpc) is 3.83. The van der Waals surface area contributed by atoms with Crippen molar-refractivity contribution < 1.29 is 4.42 Å². The molecule has 0 fully saturated rings. The molecule has 0 bridgehead atoms. The first-order valence-electron chi connectivity index (χ1n) is 21.3. The molecule has 0 N–H and O–H groups in total. The summed E-state index contributed by atoms with van der Waals surface area (Å²) in [4.78, 5) is 16.3. The second kappa shape index (κ2) is 13.0. The summed E-state index contributed by atoms with van der Waals surface area (Å²) in [7, 11) is 0. The van der Waals surface area contributed by atoms with Gasteiger partial charge in [0.05, 0.1) is 0 Å². The second-order valence-electron chi connectivity index (χ2n) is 17.1. The van der Waals surface area contributed by atoms with Gasteiger partial charge in [0.2, 0.25) is 0 Å². The standard InChI is InChI=1S/C58H37N3O/c1-58(2)48-22-12-10-20-44(48)53-49(58)33-47(52-45-21-11-13-23-50(45)62-54(52)53)57-60-55(59-56(61-57)43-19-9-8-18-40(43)34-14-4-3-5-15-34)38-27-25-36-24-26-37-29-30-41-39-17-7-6-16-35(39)28-31-42(41)51(37)46(36)32-38/h3-33H,1-2H3. The first-order chi connectivity index (χ1) is 30.5. The van der Waals surface area contributed by atoms with Gasteiger partial charge in [-0.15, -0.1) is 0 Å². The van der Waals surface area contributed by atoms with Crippen LogP contribution in [-0.4, -0.2) is 15.0 Å². The molecule has 0 saturated heterocycles. The molecule has 1 aliphatic rings. The summed E-state index contributed by atoms with van der Waals surface area (Å²) >= 11 is 0. The van der Waals surface area contributed by atoms with Crippen molar-refractivity contribution in [1.29, 1.82) is 0 Å². The molecule has 0 atom stereocenters. The molecular formula is C58H37N3O. The molecule has 0 radical (unpaired) electrons. The molecule has 2 heterocycles. The zero-order valence-electron chi connectivity index (χ0n) is 34.1. The predicted octanol–water partition coefficient (Wildman–Crippen LogP) is 15.4. The Morgan fingerprint density at radius 1 is 0.371 bits per heavy atom. The fourth-order valence-electron chi connectivity index (χ4n) is 10.3. The summed E-state index contributed by atoms with van der Waals surface area (Å²) in [6.45, 7) is 4.62. The molecule has 1 aliphatic carbocycles. The maximum absolute atomic E-state index is 6.89. The van der Waals surface area contributed by atoms with Gasteiger partial charge < -0.3 is 4.42 Å². The number of furan rings is 1. The van der Waals surface area contributed by atoms with Crippen LogP contribution in [0.3, 0.4) is 0 Å². The number of para-hydroxylation sites is 1. The topological polar surface area (TPSA) is 51.8 Å². The van der Waals surface area contributed by atoms with E-state index in [4.69, 9.17) is 19.4 Å². The van der Waals surface area contributed by atoms with Crippen LogP contribution in [0.5, 0.6) is 0 Å². The summed E-state index contributed by atoms with van der Waals surface area (Å²) in [6, 6.07) is 67.1. The Bertz CT molecular complexity index is 3840. The van der Waals surface area contributed by atoms with Gasteiger partial charge in [0.15, 0.2) is 17.5 Å². The maximum Gasteiger partial charge on any atom is 0.164 e.